The molecule has 5 heteroatoms. The summed E-state index contributed by atoms with van der Waals surface area (Å²) in [6.07, 6.45) is 0. The van der Waals surface area contributed by atoms with Gasteiger partial charge in [-0.15, -0.1) is 0 Å². The van der Waals surface area contributed by atoms with Crippen molar-refractivity contribution < 1.29 is 4.79 Å². The molecule has 0 spiro atoms. The molecule has 0 saturated carbocycles. The SMILES string of the molecule is O=C1Nc2ccccc2C1=Nc1ccc(-c2nc3ccccc3[nH]2)cc1. The molecule has 2 N–H and O–H groups in total. The molecule has 1 amide bonds. The molecule has 0 bridgehead atoms. The van der Waals surface area contributed by atoms with Gasteiger partial charge in [0.1, 0.15) is 11.5 Å². The summed E-state index contributed by atoms with van der Waals surface area (Å²) in [7, 11) is 0. The molecule has 1 aliphatic heterocycles. The number of rotatable bonds is 2. The molecule has 5 nitrogen and oxygen atoms in total. The maximum Gasteiger partial charge on any atom is 0.275 e. The van der Waals surface area contributed by atoms with Gasteiger partial charge in [0.15, 0.2) is 0 Å². The number of aliphatic imine (C=N–C) groups is 1. The van der Waals surface area contributed by atoms with Crippen molar-refractivity contribution in [3.63, 3.8) is 0 Å². The molecular weight excluding hydrogens is 324 g/mol. The minimum absolute atomic E-state index is 0.174. The molecule has 0 radical (unpaired) electrons. The lowest BCUT2D eigenvalue weighted by atomic mass is 10.1. The van der Waals surface area contributed by atoms with E-state index in [1.807, 2.05) is 72.8 Å². The Labute approximate surface area is 149 Å². The summed E-state index contributed by atoms with van der Waals surface area (Å²) in [5.74, 6) is 0.641. The Kier molecular flexibility index (Phi) is 3.18. The summed E-state index contributed by atoms with van der Waals surface area (Å²) >= 11 is 0. The molecule has 124 valence electrons. The van der Waals surface area contributed by atoms with Crippen LogP contribution in [0.1, 0.15) is 5.56 Å². The minimum Gasteiger partial charge on any atom is -0.338 e. The quantitative estimate of drug-likeness (QED) is 0.572. The van der Waals surface area contributed by atoms with Gasteiger partial charge in [0, 0.05) is 11.1 Å². The summed E-state index contributed by atoms with van der Waals surface area (Å²) < 4.78 is 0. The Morgan fingerprint density at radius 3 is 2.46 bits per heavy atom. The molecule has 0 unspecified atom stereocenters. The molecule has 0 atom stereocenters. The van der Waals surface area contributed by atoms with Crippen LogP contribution in [0.4, 0.5) is 11.4 Å². The lowest BCUT2D eigenvalue weighted by molar-refractivity contribution is -0.110. The van der Waals surface area contributed by atoms with Gasteiger partial charge in [-0.1, -0.05) is 30.3 Å². The average Bonchev–Trinajstić information content (AvgIpc) is 3.24. The van der Waals surface area contributed by atoms with E-state index in [9.17, 15) is 4.79 Å². The zero-order valence-electron chi connectivity index (χ0n) is 13.7. The minimum atomic E-state index is -0.174. The van der Waals surface area contributed by atoms with E-state index in [1.54, 1.807) is 0 Å². The number of amides is 1. The standard InChI is InChI=1S/C21H14N4O/c26-21-19(15-5-1-2-6-16(15)25-21)22-14-11-9-13(10-12-14)20-23-17-7-3-4-8-18(17)24-20/h1-12H,(H,23,24)(H,22,25,26). The number of imidazole rings is 1. The van der Waals surface area contributed by atoms with Crippen LogP contribution in [0, 0.1) is 0 Å². The van der Waals surface area contributed by atoms with E-state index in [0.717, 1.165) is 39.4 Å². The van der Waals surface area contributed by atoms with Gasteiger partial charge in [0.25, 0.3) is 5.91 Å². The molecular formula is C21H14N4O. The molecule has 1 aliphatic rings. The molecule has 26 heavy (non-hydrogen) atoms. The summed E-state index contributed by atoms with van der Waals surface area (Å²) in [6.45, 7) is 0. The van der Waals surface area contributed by atoms with Gasteiger partial charge in [0.2, 0.25) is 0 Å². The normalized spacial score (nSPS) is 14.6. The van der Waals surface area contributed by atoms with Gasteiger partial charge in [-0.3, -0.25) is 4.79 Å². The third-order valence-electron chi connectivity index (χ3n) is 4.42. The molecule has 0 saturated heterocycles. The maximum absolute atomic E-state index is 12.2. The fourth-order valence-electron chi connectivity index (χ4n) is 3.13. The summed E-state index contributed by atoms with van der Waals surface area (Å²) in [6, 6.07) is 23.2. The van der Waals surface area contributed by atoms with Crippen LogP contribution in [0.5, 0.6) is 0 Å². The van der Waals surface area contributed by atoms with E-state index in [4.69, 9.17) is 0 Å². The second-order valence-electron chi connectivity index (χ2n) is 6.11. The molecule has 5 rings (SSSR count). The fraction of sp³-hybridized carbons (Fsp3) is 0. The summed E-state index contributed by atoms with van der Waals surface area (Å²) in [4.78, 5) is 24.6. The van der Waals surface area contributed by atoms with Crippen molar-refractivity contribution in [1.82, 2.24) is 9.97 Å². The van der Waals surface area contributed by atoms with Crippen molar-refractivity contribution in [3.05, 3.63) is 78.4 Å². The van der Waals surface area contributed by atoms with Gasteiger partial charge in [-0.05, 0) is 42.5 Å². The summed E-state index contributed by atoms with van der Waals surface area (Å²) in [5.41, 5.74) is 5.72. The smallest absolute Gasteiger partial charge is 0.275 e. The highest BCUT2D eigenvalue weighted by molar-refractivity contribution is 6.54. The van der Waals surface area contributed by atoms with E-state index in [0.29, 0.717) is 5.71 Å². The molecule has 1 aromatic heterocycles. The van der Waals surface area contributed by atoms with Crippen molar-refractivity contribution >= 4 is 34.0 Å². The van der Waals surface area contributed by atoms with E-state index < -0.39 is 0 Å². The predicted octanol–water partition coefficient (Wildman–Crippen LogP) is 4.30. The van der Waals surface area contributed by atoms with Crippen LogP contribution in [0.3, 0.4) is 0 Å². The Morgan fingerprint density at radius 2 is 1.62 bits per heavy atom. The molecule has 0 fully saturated rings. The average molecular weight is 338 g/mol. The zero-order valence-corrected chi connectivity index (χ0v) is 13.7. The largest absolute Gasteiger partial charge is 0.338 e. The lowest BCUT2D eigenvalue weighted by Crippen LogP contribution is -2.13. The van der Waals surface area contributed by atoms with Crippen LogP contribution >= 0.6 is 0 Å². The van der Waals surface area contributed by atoms with Gasteiger partial charge < -0.3 is 10.3 Å². The zero-order chi connectivity index (χ0) is 17.5. The highest BCUT2D eigenvalue weighted by Crippen LogP contribution is 2.27. The van der Waals surface area contributed by atoms with Crippen LogP contribution in [0.15, 0.2) is 77.8 Å². The Hall–Kier alpha value is -3.73. The second-order valence-corrected chi connectivity index (χ2v) is 6.11. The first-order valence-corrected chi connectivity index (χ1v) is 8.32. The first-order valence-electron chi connectivity index (χ1n) is 8.32. The number of anilines is 1. The maximum atomic E-state index is 12.2. The van der Waals surface area contributed by atoms with Crippen molar-refractivity contribution in [2.45, 2.75) is 0 Å². The molecule has 3 aromatic carbocycles. The molecule has 4 aromatic rings. The fourth-order valence-corrected chi connectivity index (χ4v) is 3.13. The number of para-hydroxylation sites is 3. The third kappa shape index (κ3) is 2.38. The van der Waals surface area contributed by atoms with E-state index in [2.05, 4.69) is 20.3 Å². The van der Waals surface area contributed by atoms with Crippen molar-refractivity contribution in [1.29, 1.82) is 0 Å². The third-order valence-corrected chi connectivity index (χ3v) is 4.42. The highest BCUT2D eigenvalue weighted by atomic mass is 16.2. The van der Waals surface area contributed by atoms with Crippen LogP contribution in [-0.2, 0) is 4.79 Å². The van der Waals surface area contributed by atoms with Gasteiger partial charge >= 0.3 is 0 Å². The van der Waals surface area contributed by atoms with E-state index in [1.165, 1.54) is 0 Å². The number of nitrogens with zero attached hydrogens (tertiary/aromatic N) is 2. The van der Waals surface area contributed by atoms with Crippen LogP contribution in [0.2, 0.25) is 0 Å². The van der Waals surface area contributed by atoms with Gasteiger partial charge in [0.05, 0.1) is 22.4 Å². The number of hydrogen-bond acceptors (Lipinski definition) is 3. The highest BCUT2D eigenvalue weighted by Gasteiger charge is 2.25. The number of aromatic amines is 1. The number of benzene rings is 3. The van der Waals surface area contributed by atoms with E-state index in [-0.39, 0.29) is 5.91 Å². The van der Waals surface area contributed by atoms with E-state index >= 15 is 0 Å². The van der Waals surface area contributed by atoms with Crippen molar-refractivity contribution in [3.8, 4) is 11.4 Å². The number of carbonyl (C=O) groups excluding carboxylic acids is 1. The molecule has 2 heterocycles. The van der Waals surface area contributed by atoms with Gasteiger partial charge in [-0.25, -0.2) is 9.98 Å². The Bertz CT molecular complexity index is 1140. The second kappa shape index (κ2) is 5.67. The number of nitrogens with one attached hydrogen (secondary N) is 2. The number of aromatic nitrogens is 2. The van der Waals surface area contributed by atoms with Gasteiger partial charge in [-0.2, -0.15) is 0 Å². The first kappa shape index (κ1) is 14.6. The van der Waals surface area contributed by atoms with Crippen LogP contribution in [-0.4, -0.2) is 21.6 Å². The first-order chi connectivity index (χ1) is 12.8. The van der Waals surface area contributed by atoms with Crippen LogP contribution in [0.25, 0.3) is 22.4 Å². The van der Waals surface area contributed by atoms with Crippen molar-refractivity contribution in [2.75, 3.05) is 5.32 Å². The Balaban J connectivity index is 1.50. The lowest BCUT2D eigenvalue weighted by Gasteiger charge is -2.00. The Morgan fingerprint density at radius 1 is 0.846 bits per heavy atom. The number of H-pyrrole nitrogens is 1. The topological polar surface area (TPSA) is 70.1 Å². The molecule has 0 aliphatic carbocycles. The number of hydrogen-bond donors (Lipinski definition) is 2. The monoisotopic (exact) mass is 338 g/mol. The van der Waals surface area contributed by atoms with Crippen molar-refractivity contribution in [2.24, 2.45) is 4.99 Å². The summed E-state index contributed by atoms with van der Waals surface area (Å²) in [5, 5.41) is 2.84. The van der Waals surface area contributed by atoms with Crippen LogP contribution < -0.4 is 5.32 Å². The predicted molar refractivity (Wildman–Crippen MR) is 103 cm³/mol. The number of fused-ring (bicyclic) bond motifs is 2. The number of carbonyl (C=O) groups is 1.